The van der Waals surface area contributed by atoms with E-state index in [0.29, 0.717) is 5.92 Å². The molecule has 0 heterocycles. The number of aliphatic hydroxyl groups is 1. The third kappa shape index (κ3) is 2.00. The van der Waals surface area contributed by atoms with Crippen molar-refractivity contribution in [3.8, 4) is 0 Å². The molecule has 2 heteroatoms. The van der Waals surface area contributed by atoms with Crippen LogP contribution >= 0.6 is 0 Å². The Hall–Kier alpha value is -0.860. The van der Waals surface area contributed by atoms with Crippen LogP contribution in [-0.2, 0) is 6.42 Å². The van der Waals surface area contributed by atoms with Crippen LogP contribution in [0.25, 0.3) is 0 Å². The van der Waals surface area contributed by atoms with E-state index >= 15 is 0 Å². The summed E-state index contributed by atoms with van der Waals surface area (Å²) in [4.78, 5) is 0. The Morgan fingerprint density at radius 2 is 2.24 bits per heavy atom. The molecular weight excluding hydrogens is 210 g/mol. The van der Waals surface area contributed by atoms with Crippen molar-refractivity contribution in [3.05, 3.63) is 35.4 Å². The molecule has 0 saturated heterocycles. The Labute approximate surface area is 103 Å². The van der Waals surface area contributed by atoms with Crippen molar-refractivity contribution in [3.63, 3.8) is 0 Å². The fourth-order valence-corrected chi connectivity index (χ4v) is 3.30. The van der Waals surface area contributed by atoms with Gasteiger partial charge in [0.25, 0.3) is 0 Å². The van der Waals surface area contributed by atoms with Crippen molar-refractivity contribution < 1.29 is 5.11 Å². The number of rotatable bonds is 3. The fraction of sp³-hybridized carbons (Fsp3) is 0.600. The standard InChI is InChI=1S/C15H21NO/c1-15(17)8-4-7-14(15)16-10-12-9-11-5-2-3-6-13(11)12/h2-3,5-6,12,14,16-17H,4,7-10H2,1H3. The van der Waals surface area contributed by atoms with Crippen LogP contribution in [0.15, 0.2) is 24.3 Å². The molecule has 0 aliphatic heterocycles. The summed E-state index contributed by atoms with van der Waals surface area (Å²) in [6.45, 7) is 2.98. The number of fused-ring (bicyclic) bond motifs is 1. The monoisotopic (exact) mass is 231 g/mol. The van der Waals surface area contributed by atoms with E-state index in [-0.39, 0.29) is 6.04 Å². The van der Waals surface area contributed by atoms with Crippen molar-refractivity contribution >= 4 is 0 Å². The van der Waals surface area contributed by atoms with Gasteiger partial charge in [-0.1, -0.05) is 24.3 Å². The molecule has 2 aliphatic carbocycles. The largest absolute Gasteiger partial charge is 0.389 e. The van der Waals surface area contributed by atoms with E-state index in [0.717, 1.165) is 25.8 Å². The first-order chi connectivity index (χ1) is 8.17. The molecule has 92 valence electrons. The third-order valence-corrected chi connectivity index (χ3v) is 4.50. The first-order valence-corrected chi connectivity index (χ1v) is 6.70. The molecule has 0 radical (unpaired) electrons. The lowest BCUT2D eigenvalue weighted by Crippen LogP contribution is -2.46. The van der Waals surface area contributed by atoms with Crippen LogP contribution in [0.4, 0.5) is 0 Å². The van der Waals surface area contributed by atoms with Gasteiger partial charge in [-0.25, -0.2) is 0 Å². The summed E-state index contributed by atoms with van der Waals surface area (Å²) in [5.74, 6) is 0.655. The van der Waals surface area contributed by atoms with Crippen molar-refractivity contribution in [2.75, 3.05) is 6.54 Å². The smallest absolute Gasteiger partial charge is 0.0772 e. The zero-order valence-corrected chi connectivity index (χ0v) is 10.4. The van der Waals surface area contributed by atoms with Crippen LogP contribution in [-0.4, -0.2) is 23.3 Å². The predicted molar refractivity (Wildman–Crippen MR) is 69.2 cm³/mol. The molecule has 3 atom stereocenters. The van der Waals surface area contributed by atoms with Gasteiger partial charge in [-0.2, -0.15) is 0 Å². The van der Waals surface area contributed by atoms with Crippen LogP contribution in [0.1, 0.15) is 43.2 Å². The SMILES string of the molecule is CC1(O)CCCC1NCC1Cc2ccccc21. The molecule has 0 amide bonds. The highest BCUT2D eigenvalue weighted by Gasteiger charge is 2.37. The maximum atomic E-state index is 10.2. The molecule has 1 aromatic carbocycles. The van der Waals surface area contributed by atoms with Gasteiger partial charge in [0.05, 0.1) is 5.60 Å². The lowest BCUT2D eigenvalue weighted by molar-refractivity contribution is 0.0387. The topological polar surface area (TPSA) is 32.3 Å². The van der Waals surface area contributed by atoms with Gasteiger partial charge in [-0.05, 0) is 43.7 Å². The molecule has 3 unspecified atom stereocenters. The summed E-state index contributed by atoms with van der Waals surface area (Å²) in [7, 11) is 0. The molecule has 3 rings (SSSR count). The Bertz CT molecular complexity index is 413. The highest BCUT2D eigenvalue weighted by Crippen LogP contribution is 2.35. The minimum absolute atomic E-state index is 0.287. The molecular formula is C15H21NO. The van der Waals surface area contributed by atoms with Crippen molar-refractivity contribution in [2.24, 2.45) is 0 Å². The predicted octanol–water partition coefficient (Wildman–Crippen LogP) is 2.22. The Morgan fingerprint density at radius 1 is 1.41 bits per heavy atom. The number of hydrogen-bond donors (Lipinski definition) is 2. The van der Waals surface area contributed by atoms with Gasteiger partial charge in [-0.15, -0.1) is 0 Å². The molecule has 2 nitrogen and oxygen atoms in total. The first-order valence-electron chi connectivity index (χ1n) is 6.70. The van der Waals surface area contributed by atoms with Crippen LogP contribution in [0.2, 0.25) is 0 Å². The molecule has 2 aliphatic rings. The Kier molecular flexibility index (Phi) is 2.72. The van der Waals surface area contributed by atoms with E-state index in [1.165, 1.54) is 17.5 Å². The highest BCUT2D eigenvalue weighted by molar-refractivity contribution is 5.40. The van der Waals surface area contributed by atoms with E-state index in [1.807, 2.05) is 6.92 Å². The van der Waals surface area contributed by atoms with Gasteiger partial charge in [-0.3, -0.25) is 0 Å². The second kappa shape index (κ2) is 4.11. The van der Waals surface area contributed by atoms with Crippen molar-refractivity contribution in [2.45, 2.75) is 50.2 Å². The average Bonchev–Trinajstić information content (AvgIpc) is 2.60. The third-order valence-electron chi connectivity index (χ3n) is 4.50. The van der Waals surface area contributed by atoms with Gasteiger partial charge in [0.15, 0.2) is 0 Å². The minimum atomic E-state index is -0.497. The van der Waals surface area contributed by atoms with Crippen LogP contribution < -0.4 is 5.32 Å². The van der Waals surface area contributed by atoms with Crippen LogP contribution in [0.5, 0.6) is 0 Å². The zero-order valence-electron chi connectivity index (χ0n) is 10.4. The van der Waals surface area contributed by atoms with Gasteiger partial charge in [0.2, 0.25) is 0 Å². The summed E-state index contributed by atoms with van der Waals surface area (Å²) >= 11 is 0. The van der Waals surface area contributed by atoms with E-state index < -0.39 is 5.60 Å². The molecule has 0 bridgehead atoms. The maximum absolute atomic E-state index is 10.2. The highest BCUT2D eigenvalue weighted by atomic mass is 16.3. The van der Waals surface area contributed by atoms with E-state index in [9.17, 15) is 5.11 Å². The molecule has 1 saturated carbocycles. The normalized spacial score (nSPS) is 35.4. The van der Waals surface area contributed by atoms with E-state index in [1.54, 1.807) is 0 Å². The van der Waals surface area contributed by atoms with Gasteiger partial charge < -0.3 is 10.4 Å². The lowest BCUT2D eigenvalue weighted by atomic mass is 9.77. The quantitative estimate of drug-likeness (QED) is 0.836. The summed E-state index contributed by atoms with van der Waals surface area (Å²) in [5, 5.41) is 13.8. The van der Waals surface area contributed by atoms with E-state index in [4.69, 9.17) is 0 Å². The number of nitrogens with one attached hydrogen (secondary N) is 1. The van der Waals surface area contributed by atoms with Gasteiger partial charge in [0.1, 0.15) is 0 Å². The summed E-state index contributed by atoms with van der Waals surface area (Å²) in [5.41, 5.74) is 2.50. The molecule has 17 heavy (non-hydrogen) atoms. The lowest BCUT2D eigenvalue weighted by Gasteiger charge is -2.33. The number of benzene rings is 1. The van der Waals surface area contributed by atoms with Crippen LogP contribution in [0, 0.1) is 0 Å². The van der Waals surface area contributed by atoms with Gasteiger partial charge >= 0.3 is 0 Å². The Morgan fingerprint density at radius 3 is 2.94 bits per heavy atom. The minimum Gasteiger partial charge on any atom is -0.389 e. The molecule has 2 N–H and O–H groups in total. The molecule has 0 spiro atoms. The molecule has 0 aromatic heterocycles. The van der Waals surface area contributed by atoms with Gasteiger partial charge in [0, 0.05) is 18.5 Å². The zero-order chi connectivity index (χ0) is 11.9. The fourth-order valence-electron chi connectivity index (χ4n) is 3.30. The Balaban J connectivity index is 1.57. The second-order valence-electron chi connectivity index (χ2n) is 5.81. The summed E-state index contributed by atoms with van der Waals surface area (Å²) in [6, 6.07) is 8.98. The maximum Gasteiger partial charge on any atom is 0.0772 e. The second-order valence-corrected chi connectivity index (χ2v) is 5.81. The van der Waals surface area contributed by atoms with Crippen molar-refractivity contribution in [1.82, 2.24) is 5.32 Å². The van der Waals surface area contributed by atoms with Crippen molar-refractivity contribution in [1.29, 1.82) is 0 Å². The first kappa shape index (κ1) is 11.2. The van der Waals surface area contributed by atoms with E-state index in [2.05, 4.69) is 29.6 Å². The van der Waals surface area contributed by atoms with Crippen LogP contribution in [0.3, 0.4) is 0 Å². The average molecular weight is 231 g/mol. The summed E-state index contributed by atoms with van der Waals surface area (Å²) < 4.78 is 0. The summed E-state index contributed by atoms with van der Waals surface area (Å²) in [6.07, 6.45) is 4.39. The number of hydrogen-bond acceptors (Lipinski definition) is 2. The molecule has 1 aromatic rings. The molecule has 1 fully saturated rings.